The number of hydrogen-bond donors (Lipinski definition) is 2. The summed E-state index contributed by atoms with van der Waals surface area (Å²) in [5, 5.41) is 0. The van der Waals surface area contributed by atoms with E-state index in [4.69, 9.17) is 11.5 Å². The highest BCUT2D eigenvalue weighted by Gasteiger charge is 2.37. The van der Waals surface area contributed by atoms with E-state index in [-0.39, 0.29) is 5.41 Å². The Bertz CT molecular complexity index is 1200. The van der Waals surface area contributed by atoms with Gasteiger partial charge in [0.05, 0.1) is 0 Å². The average Bonchev–Trinajstić information content (AvgIpc) is 2.94. The van der Waals surface area contributed by atoms with Crippen LogP contribution in [-0.2, 0) is 5.41 Å². The van der Waals surface area contributed by atoms with E-state index in [0.717, 1.165) is 17.3 Å². The predicted molar refractivity (Wildman–Crippen MR) is 158 cm³/mol. The van der Waals surface area contributed by atoms with E-state index >= 15 is 0 Å². The van der Waals surface area contributed by atoms with Crippen LogP contribution in [-0.4, -0.2) is 0 Å². The van der Waals surface area contributed by atoms with Crippen LogP contribution >= 0.6 is 0 Å². The van der Waals surface area contributed by atoms with Gasteiger partial charge in [-0.05, 0) is 89.2 Å². The van der Waals surface area contributed by atoms with Crippen molar-refractivity contribution in [2.45, 2.75) is 63.7 Å². The monoisotopic (exact) mass is 488 g/mol. The van der Waals surface area contributed by atoms with Gasteiger partial charge >= 0.3 is 0 Å². The van der Waals surface area contributed by atoms with Gasteiger partial charge in [-0.15, -0.1) is 0 Å². The fraction of sp³-hybridized carbons (Fsp3) is 0.314. The molecule has 4 aromatic carbocycles. The Kier molecular flexibility index (Phi) is 7.11. The molecule has 1 aliphatic carbocycles. The van der Waals surface area contributed by atoms with Crippen LogP contribution in [0, 0.1) is 5.92 Å². The molecule has 4 N–H and O–H groups in total. The van der Waals surface area contributed by atoms with E-state index in [9.17, 15) is 0 Å². The molecule has 2 nitrogen and oxygen atoms in total. The lowest BCUT2D eigenvalue weighted by Crippen LogP contribution is -2.32. The van der Waals surface area contributed by atoms with Crippen molar-refractivity contribution in [3.8, 4) is 0 Å². The van der Waals surface area contributed by atoms with Gasteiger partial charge in [0.25, 0.3) is 0 Å². The maximum absolute atomic E-state index is 5.90. The second kappa shape index (κ2) is 10.5. The molecule has 0 bridgehead atoms. The minimum Gasteiger partial charge on any atom is -0.399 e. The predicted octanol–water partition coefficient (Wildman–Crippen LogP) is 8.65. The van der Waals surface area contributed by atoms with Crippen molar-refractivity contribution in [3.05, 3.63) is 130 Å². The van der Waals surface area contributed by atoms with Gasteiger partial charge in [0.15, 0.2) is 0 Å². The Labute approximate surface area is 222 Å². The van der Waals surface area contributed by atoms with Gasteiger partial charge in [-0.2, -0.15) is 0 Å². The van der Waals surface area contributed by atoms with Crippen LogP contribution in [0.25, 0.3) is 0 Å². The Morgan fingerprint density at radius 2 is 0.838 bits per heavy atom. The fourth-order valence-electron chi connectivity index (χ4n) is 6.13. The average molecular weight is 489 g/mol. The lowest BCUT2D eigenvalue weighted by Gasteiger charge is -2.41. The van der Waals surface area contributed by atoms with Crippen molar-refractivity contribution in [2.75, 3.05) is 11.5 Å². The third-order valence-electron chi connectivity index (χ3n) is 8.93. The first-order valence-electron chi connectivity index (χ1n) is 13.8. The molecule has 37 heavy (non-hydrogen) atoms. The van der Waals surface area contributed by atoms with Crippen molar-refractivity contribution in [1.29, 1.82) is 0 Å². The molecule has 0 heterocycles. The normalized spacial score (nSPS) is 21.3. The van der Waals surface area contributed by atoms with Crippen LogP contribution < -0.4 is 11.5 Å². The zero-order chi connectivity index (χ0) is 26.0. The Balaban J connectivity index is 1.43. The summed E-state index contributed by atoms with van der Waals surface area (Å²) >= 11 is 0. The molecule has 0 saturated heterocycles. The summed E-state index contributed by atoms with van der Waals surface area (Å²) in [6.07, 6.45) is 4.95. The fourth-order valence-corrected chi connectivity index (χ4v) is 6.13. The van der Waals surface area contributed by atoms with Crippen LogP contribution in [0.4, 0.5) is 11.4 Å². The molecular formula is C35H40N2. The van der Waals surface area contributed by atoms with E-state index < -0.39 is 0 Å². The molecule has 2 atom stereocenters. The van der Waals surface area contributed by atoms with Gasteiger partial charge in [-0.1, -0.05) is 93.6 Å². The summed E-state index contributed by atoms with van der Waals surface area (Å²) in [6.45, 7) is 6.96. The zero-order valence-electron chi connectivity index (χ0n) is 22.5. The van der Waals surface area contributed by atoms with Gasteiger partial charge < -0.3 is 11.5 Å². The first-order chi connectivity index (χ1) is 17.9. The van der Waals surface area contributed by atoms with E-state index in [1.807, 2.05) is 24.3 Å². The zero-order valence-corrected chi connectivity index (χ0v) is 22.5. The van der Waals surface area contributed by atoms with Crippen molar-refractivity contribution >= 4 is 11.4 Å². The van der Waals surface area contributed by atoms with E-state index in [2.05, 4.69) is 93.6 Å². The van der Waals surface area contributed by atoms with Gasteiger partial charge in [0.2, 0.25) is 0 Å². The summed E-state index contributed by atoms with van der Waals surface area (Å²) in [6, 6.07) is 35.5. The number of anilines is 2. The van der Waals surface area contributed by atoms with Crippen molar-refractivity contribution in [2.24, 2.45) is 5.92 Å². The van der Waals surface area contributed by atoms with Crippen molar-refractivity contribution in [1.82, 2.24) is 0 Å². The molecule has 190 valence electrons. The molecule has 0 aliphatic heterocycles. The highest BCUT2D eigenvalue weighted by Crippen LogP contribution is 2.47. The highest BCUT2D eigenvalue weighted by atomic mass is 14.5. The summed E-state index contributed by atoms with van der Waals surface area (Å²) in [5.74, 6) is 1.47. The maximum atomic E-state index is 5.90. The number of nitrogen functional groups attached to an aromatic ring is 2. The summed E-state index contributed by atoms with van der Waals surface area (Å²) in [7, 11) is 0. The Hall–Kier alpha value is -3.52. The number of hydrogen-bond acceptors (Lipinski definition) is 2. The molecule has 0 radical (unpaired) electrons. The third kappa shape index (κ3) is 5.16. The topological polar surface area (TPSA) is 52.0 Å². The Morgan fingerprint density at radius 3 is 1.16 bits per heavy atom. The standard InChI is InChI=1S/C35H40N2/c1-24-20-22-35(23-21-24,31-12-4-27(5-13-31)25(2)29-8-16-33(36)17-9-29)32-14-6-28(7-15-32)26(3)30-10-18-34(37)19-11-30/h4-19,24-26H,20-23,36-37H2,1-3H3. The number of rotatable bonds is 6. The molecular weight excluding hydrogens is 448 g/mol. The minimum atomic E-state index is 0.0818. The molecule has 0 aromatic heterocycles. The van der Waals surface area contributed by atoms with Crippen molar-refractivity contribution < 1.29 is 0 Å². The molecule has 0 amide bonds. The Morgan fingerprint density at radius 1 is 0.541 bits per heavy atom. The van der Waals surface area contributed by atoms with Gasteiger partial charge in [-0.3, -0.25) is 0 Å². The molecule has 2 unspecified atom stereocenters. The second-order valence-corrected chi connectivity index (χ2v) is 11.3. The van der Waals surface area contributed by atoms with E-state index in [0.29, 0.717) is 11.8 Å². The summed E-state index contributed by atoms with van der Waals surface area (Å²) in [5.41, 5.74) is 21.7. The minimum absolute atomic E-state index is 0.0818. The van der Waals surface area contributed by atoms with Crippen LogP contribution in [0.2, 0.25) is 0 Å². The molecule has 2 heteroatoms. The van der Waals surface area contributed by atoms with Crippen LogP contribution in [0.5, 0.6) is 0 Å². The van der Waals surface area contributed by atoms with Crippen molar-refractivity contribution in [3.63, 3.8) is 0 Å². The molecule has 1 fully saturated rings. The molecule has 4 aromatic rings. The van der Waals surface area contributed by atoms with Crippen LogP contribution in [0.1, 0.15) is 91.7 Å². The van der Waals surface area contributed by atoms with Gasteiger partial charge in [0, 0.05) is 28.6 Å². The highest BCUT2D eigenvalue weighted by molar-refractivity contribution is 5.47. The van der Waals surface area contributed by atoms with Gasteiger partial charge in [-0.25, -0.2) is 0 Å². The van der Waals surface area contributed by atoms with E-state index in [1.165, 1.54) is 59.1 Å². The molecule has 1 aliphatic rings. The lowest BCUT2D eigenvalue weighted by atomic mass is 9.63. The van der Waals surface area contributed by atoms with E-state index in [1.54, 1.807) is 0 Å². The summed E-state index contributed by atoms with van der Waals surface area (Å²) in [4.78, 5) is 0. The number of nitrogens with two attached hydrogens (primary N) is 2. The van der Waals surface area contributed by atoms with Gasteiger partial charge in [0.1, 0.15) is 0 Å². The quantitative estimate of drug-likeness (QED) is 0.267. The van der Waals surface area contributed by atoms with Crippen LogP contribution in [0.15, 0.2) is 97.1 Å². The second-order valence-electron chi connectivity index (χ2n) is 11.3. The molecule has 1 saturated carbocycles. The first kappa shape index (κ1) is 25.1. The molecule has 0 spiro atoms. The van der Waals surface area contributed by atoms with Crippen LogP contribution in [0.3, 0.4) is 0 Å². The summed E-state index contributed by atoms with van der Waals surface area (Å²) < 4.78 is 0. The maximum Gasteiger partial charge on any atom is 0.0314 e. The third-order valence-corrected chi connectivity index (χ3v) is 8.93. The lowest BCUT2D eigenvalue weighted by molar-refractivity contribution is 0.280. The molecule has 5 rings (SSSR count). The SMILES string of the molecule is CC1CCC(c2ccc(C(C)c3ccc(N)cc3)cc2)(c2ccc(C(C)c3ccc(N)cc3)cc2)CC1. The number of benzene rings is 4. The largest absolute Gasteiger partial charge is 0.399 e. The smallest absolute Gasteiger partial charge is 0.0314 e. The first-order valence-corrected chi connectivity index (χ1v) is 13.8.